The fourth-order valence-corrected chi connectivity index (χ4v) is 1.03. The number of amides is 1. The highest BCUT2D eigenvalue weighted by Crippen LogP contribution is 2.05. The largest absolute Gasteiger partial charge is 0.399 e. The van der Waals surface area contributed by atoms with E-state index in [1.54, 1.807) is 24.3 Å². The van der Waals surface area contributed by atoms with Crippen LogP contribution in [0.4, 0.5) is 5.69 Å². The summed E-state index contributed by atoms with van der Waals surface area (Å²) in [7, 11) is 0. The molecule has 0 saturated heterocycles. The van der Waals surface area contributed by atoms with E-state index in [4.69, 9.17) is 5.73 Å². The van der Waals surface area contributed by atoms with Gasteiger partial charge in [-0.05, 0) is 30.2 Å². The van der Waals surface area contributed by atoms with Crippen molar-refractivity contribution in [3.05, 3.63) is 29.8 Å². The predicted molar refractivity (Wildman–Crippen MR) is 58.0 cm³/mol. The van der Waals surface area contributed by atoms with E-state index < -0.39 is 0 Å². The van der Waals surface area contributed by atoms with Gasteiger partial charge < -0.3 is 11.1 Å². The fraction of sp³-hybridized carbons (Fsp3) is 0.364. The number of anilines is 1. The predicted octanol–water partition coefficient (Wildman–Crippen LogP) is 1.65. The lowest BCUT2D eigenvalue weighted by atomic mass is 10.2. The first kappa shape index (κ1) is 10.6. The Morgan fingerprint density at radius 2 is 1.93 bits per heavy atom. The van der Waals surface area contributed by atoms with Crippen LogP contribution < -0.4 is 11.1 Å². The smallest absolute Gasteiger partial charge is 0.251 e. The Morgan fingerprint density at radius 3 is 2.43 bits per heavy atom. The zero-order valence-electron chi connectivity index (χ0n) is 8.58. The number of nitrogens with one attached hydrogen (secondary N) is 1. The first-order chi connectivity index (χ1) is 6.59. The van der Waals surface area contributed by atoms with Gasteiger partial charge >= 0.3 is 0 Å². The van der Waals surface area contributed by atoms with E-state index in [1.165, 1.54) is 0 Å². The Labute approximate surface area is 84.3 Å². The third-order valence-electron chi connectivity index (χ3n) is 1.84. The van der Waals surface area contributed by atoms with Crippen molar-refractivity contribution in [2.75, 3.05) is 12.3 Å². The molecular weight excluding hydrogens is 176 g/mol. The van der Waals surface area contributed by atoms with Gasteiger partial charge in [0.1, 0.15) is 0 Å². The van der Waals surface area contributed by atoms with Crippen LogP contribution in [0.2, 0.25) is 0 Å². The zero-order chi connectivity index (χ0) is 10.6. The van der Waals surface area contributed by atoms with Gasteiger partial charge in [0.2, 0.25) is 0 Å². The molecule has 0 spiro atoms. The minimum absolute atomic E-state index is 0.0429. The lowest BCUT2D eigenvalue weighted by molar-refractivity contribution is 0.0949. The second kappa shape index (κ2) is 4.65. The van der Waals surface area contributed by atoms with Gasteiger partial charge in [-0.15, -0.1) is 0 Å². The molecule has 0 heterocycles. The van der Waals surface area contributed by atoms with E-state index in [0.717, 1.165) is 0 Å². The molecule has 14 heavy (non-hydrogen) atoms. The monoisotopic (exact) mass is 192 g/mol. The van der Waals surface area contributed by atoms with Crippen molar-refractivity contribution in [1.29, 1.82) is 0 Å². The topological polar surface area (TPSA) is 55.1 Å². The van der Waals surface area contributed by atoms with Crippen molar-refractivity contribution in [2.45, 2.75) is 13.8 Å². The van der Waals surface area contributed by atoms with Gasteiger partial charge in [0.15, 0.2) is 0 Å². The van der Waals surface area contributed by atoms with Crippen molar-refractivity contribution in [2.24, 2.45) is 5.92 Å². The van der Waals surface area contributed by atoms with Crippen LogP contribution in [0.25, 0.3) is 0 Å². The average Bonchev–Trinajstić information content (AvgIpc) is 2.15. The standard InChI is InChI=1S/C11H16N2O/c1-8(2)7-13-11(14)9-3-5-10(12)6-4-9/h3-6,8H,7,12H2,1-2H3,(H,13,14). The van der Waals surface area contributed by atoms with Gasteiger partial charge in [0.25, 0.3) is 5.91 Å². The van der Waals surface area contributed by atoms with E-state index in [0.29, 0.717) is 23.7 Å². The number of nitrogens with two attached hydrogens (primary N) is 1. The van der Waals surface area contributed by atoms with Crippen LogP contribution in [0.3, 0.4) is 0 Å². The molecule has 0 unspecified atom stereocenters. The molecule has 0 fully saturated rings. The summed E-state index contributed by atoms with van der Waals surface area (Å²) < 4.78 is 0. The van der Waals surface area contributed by atoms with Crippen LogP contribution in [0.5, 0.6) is 0 Å². The highest BCUT2D eigenvalue weighted by atomic mass is 16.1. The molecule has 1 aromatic rings. The van der Waals surface area contributed by atoms with Crippen LogP contribution in [0, 0.1) is 5.92 Å². The van der Waals surface area contributed by atoms with Crippen molar-refractivity contribution < 1.29 is 4.79 Å². The quantitative estimate of drug-likeness (QED) is 0.715. The molecule has 76 valence electrons. The number of carbonyl (C=O) groups excluding carboxylic acids is 1. The summed E-state index contributed by atoms with van der Waals surface area (Å²) >= 11 is 0. The van der Waals surface area contributed by atoms with E-state index in [1.807, 2.05) is 0 Å². The number of hydrogen-bond donors (Lipinski definition) is 2. The second-order valence-corrected chi connectivity index (χ2v) is 3.73. The minimum atomic E-state index is -0.0429. The molecule has 0 aliphatic carbocycles. The van der Waals surface area contributed by atoms with E-state index in [9.17, 15) is 4.79 Å². The number of carbonyl (C=O) groups is 1. The molecule has 3 nitrogen and oxygen atoms in total. The Hall–Kier alpha value is -1.51. The molecule has 0 aliphatic rings. The van der Waals surface area contributed by atoms with Crippen molar-refractivity contribution in [1.82, 2.24) is 5.32 Å². The van der Waals surface area contributed by atoms with Crippen molar-refractivity contribution in [3.63, 3.8) is 0 Å². The maximum Gasteiger partial charge on any atom is 0.251 e. The van der Waals surface area contributed by atoms with E-state index >= 15 is 0 Å². The number of nitrogen functional groups attached to an aromatic ring is 1. The van der Waals surface area contributed by atoms with E-state index in [2.05, 4.69) is 19.2 Å². The highest BCUT2D eigenvalue weighted by Gasteiger charge is 2.04. The lowest BCUT2D eigenvalue weighted by Crippen LogP contribution is -2.27. The summed E-state index contributed by atoms with van der Waals surface area (Å²) in [5, 5.41) is 2.84. The molecule has 3 N–H and O–H groups in total. The minimum Gasteiger partial charge on any atom is -0.399 e. The molecule has 1 aromatic carbocycles. The Bertz CT molecular complexity index is 304. The molecule has 0 aliphatic heterocycles. The third-order valence-corrected chi connectivity index (χ3v) is 1.84. The van der Waals surface area contributed by atoms with Gasteiger partial charge in [-0.1, -0.05) is 13.8 Å². The summed E-state index contributed by atoms with van der Waals surface area (Å²) in [6.07, 6.45) is 0. The average molecular weight is 192 g/mol. The Kier molecular flexibility index (Phi) is 3.51. The lowest BCUT2D eigenvalue weighted by Gasteiger charge is -2.07. The third kappa shape index (κ3) is 3.09. The first-order valence-corrected chi connectivity index (χ1v) is 4.73. The number of hydrogen-bond acceptors (Lipinski definition) is 2. The van der Waals surface area contributed by atoms with Gasteiger partial charge in [-0.3, -0.25) is 4.79 Å². The number of rotatable bonds is 3. The van der Waals surface area contributed by atoms with Gasteiger partial charge in [-0.2, -0.15) is 0 Å². The second-order valence-electron chi connectivity index (χ2n) is 3.73. The molecular formula is C11H16N2O. The molecule has 0 bridgehead atoms. The maximum atomic E-state index is 11.5. The molecule has 0 saturated carbocycles. The summed E-state index contributed by atoms with van der Waals surface area (Å²) in [4.78, 5) is 11.5. The van der Waals surface area contributed by atoms with Gasteiger partial charge in [0, 0.05) is 17.8 Å². The molecule has 0 radical (unpaired) electrons. The molecule has 0 atom stereocenters. The van der Waals surface area contributed by atoms with Crippen molar-refractivity contribution in [3.8, 4) is 0 Å². The van der Waals surface area contributed by atoms with Crippen LogP contribution in [0.15, 0.2) is 24.3 Å². The normalized spacial score (nSPS) is 10.2. The summed E-state index contributed by atoms with van der Waals surface area (Å²) in [6.45, 7) is 4.82. The van der Waals surface area contributed by atoms with Crippen LogP contribution >= 0.6 is 0 Å². The van der Waals surface area contributed by atoms with Gasteiger partial charge in [-0.25, -0.2) is 0 Å². The van der Waals surface area contributed by atoms with E-state index in [-0.39, 0.29) is 5.91 Å². The van der Waals surface area contributed by atoms with Crippen molar-refractivity contribution >= 4 is 11.6 Å². The fourth-order valence-electron chi connectivity index (χ4n) is 1.03. The summed E-state index contributed by atoms with van der Waals surface area (Å²) in [5.41, 5.74) is 6.84. The zero-order valence-corrected chi connectivity index (χ0v) is 8.58. The SMILES string of the molecule is CC(C)CNC(=O)c1ccc(N)cc1. The van der Waals surface area contributed by atoms with Crippen LogP contribution in [-0.4, -0.2) is 12.5 Å². The Morgan fingerprint density at radius 1 is 1.36 bits per heavy atom. The molecule has 1 rings (SSSR count). The van der Waals surface area contributed by atoms with Crippen LogP contribution in [-0.2, 0) is 0 Å². The first-order valence-electron chi connectivity index (χ1n) is 4.73. The highest BCUT2D eigenvalue weighted by molar-refractivity contribution is 5.94. The van der Waals surface area contributed by atoms with Crippen LogP contribution in [0.1, 0.15) is 24.2 Å². The Balaban J connectivity index is 2.57. The summed E-state index contributed by atoms with van der Waals surface area (Å²) in [6, 6.07) is 6.91. The van der Waals surface area contributed by atoms with Gasteiger partial charge in [0.05, 0.1) is 0 Å². The molecule has 3 heteroatoms. The molecule has 1 amide bonds. The molecule has 0 aromatic heterocycles. The summed E-state index contributed by atoms with van der Waals surface area (Å²) in [5.74, 6) is 0.423. The maximum absolute atomic E-state index is 11.5. The number of benzene rings is 1.